The SMILES string of the molecule is CCCCOc1nc(N)c2ncc(Cc3cnc(CN4CCCC4)s3)c-2[nH]1. The van der Waals surface area contributed by atoms with Crippen molar-refractivity contribution in [3.63, 3.8) is 0 Å². The van der Waals surface area contributed by atoms with Crippen LogP contribution >= 0.6 is 11.3 Å². The summed E-state index contributed by atoms with van der Waals surface area (Å²) < 4.78 is 5.70. The van der Waals surface area contributed by atoms with Crippen molar-refractivity contribution in [2.45, 2.75) is 45.6 Å². The molecule has 8 heteroatoms. The third-order valence-electron chi connectivity index (χ3n) is 4.86. The third-order valence-corrected chi connectivity index (χ3v) is 5.85. The zero-order valence-electron chi connectivity index (χ0n) is 15.7. The van der Waals surface area contributed by atoms with Gasteiger partial charge in [0.25, 0.3) is 6.01 Å². The fraction of sp³-hybridized carbons (Fsp3) is 0.526. The molecule has 0 atom stereocenters. The highest BCUT2D eigenvalue weighted by Gasteiger charge is 2.19. The Morgan fingerprint density at radius 2 is 2.11 bits per heavy atom. The number of thiazole rings is 1. The number of nitrogens with one attached hydrogen (secondary N) is 1. The first kappa shape index (κ1) is 18.2. The standard InChI is InChI=1S/C19H26N6OS/c1-2-3-8-26-19-23-16-13(10-22-17(16)18(20)24-19)9-14-11-21-15(27-14)12-25-6-4-5-7-25/h10-11H,2-9,12,20H2,1H3,(H,23,24). The van der Waals surface area contributed by atoms with Gasteiger partial charge in [-0.15, -0.1) is 11.3 Å². The lowest BCUT2D eigenvalue weighted by atomic mass is 10.1. The number of nitrogens with two attached hydrogens (primary N) is 1. The molecule has 0 aromatic carbocycles. The Hall–Kier alpha value is -2.19. The lowest BCUT2D eigenvalue weighted by molar-refractivity contribution is 0.286. The number of anilines is 1. The minimum absolute atomic E-state index is 0.403. The molecule has 3 aliphatic heterocycles. The van der Waals surface area contributed by atoms with Crippen molar-refractivity contribution in [1.29, 1.82) is 0 Å². The van der Waals surface area contributed by atoms with E-state index >= 15 is 0 Å². The molecule has 3 N–H and O–H groups in total. The summed E-state index contributed by atoms with van der Waals surface area (Å²) in [6, 6.07) is 0.460. The minimum atomic E-state index is 0.403. The maximum Gasteiger partial charge on any atom is 0.296 e. The van der Waals surface area contributed by atoms with Gasteiger partial charge in [0.2, 0.25) is 0 Å². The molecule has 0 spiro atoms. The molecule has 1 saturated heterocycles. The number of nitrogens with zero attached hydrogens (tertiary/aromatic N) is 4. The van der Waals surface area contributed by atoms with E-state index in [1.807, 2.05) is 12.4 Å². The van der Waals surface area contributed by atoms with Gasteiger partial charge >= 0.3 is 0 Å². The number of nitrogen functional groups attached to an aromatic ring is 1. The minimum Gasteiger partial charge on any atom is -0.465 e. The Morgan fingerprint density at radius 3 is 2.93 bits per heavy atom. The van der Waals surface area contributed by atoms with E-state index in [9.17, 15) is 0 Å². The monoisotopic (exact) mass is 386 g/mol. The largest absolute Gasteiger partial charge is 0.465 e. The number of aromatic amines is 1. The summed E-state index contributed by atoms with van der Waals surface area (Å²) in [5, 5.41) is 1.18. The molecule has 4 heterocycles. The van der Waals surface area contributed by atoms with Gasteiger partial charge in [0, 0.05) is 29.3 Å². The van der Waals surface area contributed by atoms with Gasteiger partial charge in [-0.25, -0.2) is 4.98 Å². The van der Waals surface area contributed by atoms with E-state index < -0.39 is 0 Å². The highest BCUT2D eigenvalue weighted by Crippen LogP contribution is 2.31. The van der Waals surface area contributed by atoms with Gasteiger partial charge in [-0.3, -0.25) is 9.88 Å². The molecule has 0 unspecified atom stereocenters. The van der Waals surface area contributed by atoms with Gasteiger partial charge in [-0.2, -0.15) is 4.98 Å². The van der Waals surface area contributed by atoms with Crippen LogP contribution in [-0.4, -0.2) is 44.5 Å². The Labute approximate surface area is 163 Å². The van der Waals surface area contributed by atoms with Crippen LogP contribution in [0.4, 0.5) is 5.82 Å². The van der Waals surface area contributed by atoms with Crippen LogP contribution in [0.25, 0.3) is 11.4 Å². The molecule has 0 amide bonds. The van der Waals surface area contributed by atoms with Crippen molar-refractivity contribution in [1.82, 2.24) is 24.8 Å². The summed E-state index contributed by atoms with van der Waals surface area (Å²) in [6.45, 7) is 6.10. The maximum absolute atomic E-state index is 6.07. The van der Waals surface area contributed by atoms with Crippen LogP contribution in [0.15, 0.2) is 12.4 Å². The molecule has 1 aromatic rings. The predicted molar refractivity (Wildman–Crippen MR) is 107 cm³/mol. The van der Waals surface area contributed by atoms with Crippen molar-refractivity contribution in [2.75, 3.05) is 25.4 Å². The second kappa shape index (κ2) is 8.22. The molecule has 144 valence electrons. The molecular formula is C19H26N6OS. The summed E-state index contributed by atoms with van der Waals surface area (Å²) in [5.41, 5.74) is 8.78. The van der Waals surface area contributed by atoms with Crippen molar-refractivity contribution in [3.05, 3.63) is 27.8 Å². The predicted octanol–water partition coefficient (Wildman–Crippen LogP) is 3.31. The van der Waals surface area contributed by atoms with E-state index in [-0.39, 0.29) is 0 Å². The van der Waals surface area contributed by atoms with Gasteiger partial charge in [-0.05, 0) is 32.4 Å². The second-order valence-corrected chi connectivity index (χ2v) is 8.22. The first-order valence-corrected chi connectivity index (χ1v) is 10.5. The van der Waals surface area contributed by atoms with E-state index in [1.165, 1.54) is 35.8 Å². The Kier molecular flexibility index (Phi) is 5.54. The van der Waals surface area contributed by atoms with Crippen LogP contribution in [0.5, 0.6) is 6.01 Å². The first-order chi connectivity index (χ1) is 13.2. The molecule has 27 heavy (non-hydrogen) atoms. The van der Waals surface area contributed by atoms with Gasteiger partial charge in [-0.1, -0.05) is 13.3 Å². The topological polar surface area (TPSA) is 92.9 Å². The second-order valence-electron chi connectivity index (χ2n) is 7.02. The van der Waals surface area contributed by atoms with Crippen LogP contribution in [0.3, 0.4) is 0 Å². The van der Waals surface area contributed by atoms with Gasteiger partial charge in [0.05, 0.1) is 18.8 Å². The normalized spacial score (nSPS) is 15.0. The number of fused-ring (bicyclic) bond motifs is 1. The average Bonchev–Trinajstić information content (AvgIpc) is 3.39. The van der Waals surface area contributed by atoms with Crippen LogP contribution in [-0.2, 0) is 13.0 Å². The van der Waals surface area contributed by atoms with E-state index in [1.54, 1.807) is 11.3 Å². The fourth-order valence-corrected chi connectivity index (χ4v) is 4.38. The lowest BCUT2D eigenvalue weighted by Crippen LogP contribution is -2.17. The number of hydrogen-bond donors (Lipinski definition) is 2. The van der Waals surface area contributed by atoms with E-state index in [4.69, 9.17) is 10.5 Å². The summed E-state index contributed by atoms with van der Waals surface area (Å²) >= 11 is 1.78. The molecular weight excluding hydrogens is 360 g/mol. The third kappa shape index (κ3) is 4.22. The molecule has 4 rings (SSSR count). The summed E-state index contributed by atoms with van der Waals surface area (Å²) in [7, 11) is 0. The molecule has 1 aromatic heterocycles. The highest BCUT2D eigenvalue weighted by atomic mass is 32.1. The molecule has 1 fully saturated rings. The molecule has 7 nitrogen and oxygen atoms in total. The zero-order chi connectivity index (χ0) is 18.6. The zero-order valence-corrected chi connectivity index (χ0v) is 16.5. The summed E-state index contributed by atoms with van der Waals surface area (Å²) in [6.07, 6.45) is 9.30. The summed E-state index contributed by atoms with van der Waals surface area (Å²) in [5.74, 6) is 0.403. The Bertz CT molecular complexity index is 854. The van der Waals surface area contributed by atoms with Crippen molar-refractivity contribution in [3.8, 4) is 17.4 Å². The smallest absolute Gasteiger partial charge is 0.296 e. The lowest BCUT2D eigenvalue weighted by Gasteiger charge is -2.11. The molecule has 0 saturated carbocycles. The highest BCUT2D eigenvalue weighted by molar-refractivity contribution is 7.11. The van der Waals surface area contributed by atoms with Gasteiger partial charge < -0.3 is 15.5 Å². The number of likely N-dealkylation sites (tertiary alicyclic amines) is 1. The number of H-pyrrole nitrogens is 1. The number of unbranched alkanes of at least 4 members (excludes halogenated alkanes) is 1. The van der Waals surface area contributed by atoms with Crippen molar-refractivity contribution >= 4 is 17.2 Å². The number of aromatic nitrogens is 4. The van der Waals surface area contributed by atoms with Gasteiger partial charge in [0.1, 0.15) is 10.7 Å². The van der Waals surface area contributed by atoms with E-state index in [0.717, 1.165) is 37.1 Å². The fourth-order valence-electron chi connectivity index (χ4n) is 3.39. The van der Waals surface area contributed by atoms with E-state index in [2.05, 4.69) is 31.8 Å². The van der Waals surface area contributed by atoms with Crippen LogP contribution in [0.2, 0.25) is 0 Å². The first-order valence-electron chi connectivity index (χ1n) is 9.64. The summed E-state index contributed by atoms with van der Waals surface area (Å²) in [4.78, 5) is 20.3. The van der Waals surface area contributed by atoms with E-state index in [0.29, 0.717) is 24.1 Å². The quantitative estimate of drug-likeness (QED) is 0.577. The Morgan fingerprint density at radius 1 is 1.26 bits per heavy atom. The molecule has 0 radical (unpaired) electrons. The van der Waals surface area contributed by atoms with Crippen molar-refractivity contribution < 1.29 is 4.74 Å². The number of hydrogen-bond acceptors (Lipinski definition) is 7. The molecule has 3 aliphatic rings. The van der Waals surface area contributed by atoms with Crippen molar-refractivity contribution in [2.24, 2.45) is 0 Å². The average molecular weight is 387 g/mol. The van der Waals surface area contributed by atoms with Gasteiger partial charge in [0.15, 0.2) is 5.82 Å². The van der Waals surface area contributed by atoms with Crippen LogP contribution in [0, 0.1) is 0 Å². The molecule has 0 bridgehead atoms. The molecule has 0 aliphatic carbocycles. The van der Waals surface area contributed by atoms with Crippen LogP contribution in [0.1, 0.15) is 48.1 Å². The Balaban J connectivity index is 1.48. The van der Waals surface area contributed by atoms with Crippen LogP contribution < -0.4 is 10.5 Å². The number of ether oxygens (including phenoxy) is 1. The number of rotatable bonds is 8. The maximum atomic E-state index is 6.07.